The number of benzene rings is 1. The van der Waals surface area contributed by atoms with E-state index in [1.54, 1.807) is 19.3 Å². The van der Waals surface area contributed by atoms with Crippen molar-refractivity contribution in [2.75, 3.05) is 11.9 Å². The maximum Gasteiger partial charge on any atom is 0.268 e. The Morgan fingerprint density at radius 3 is 2.93 bits per heavy atom. The van der Waals surface area contributed by atoms with Gasteiger partial charge in [0, 0.05) is 29.9 Å². The van der Waals surface area contributed by atoms with E-state index in [9.17, 15) is 13.6 Å². The van der Waals surface area contributed by atoms with Crippen LogP contribution in [-0.2, 0) is 7.05 Å². The lowest BCUT2D eigenvalue weighted by Gasteiger charge is -2.27. The maximum atomic E-state index is 14.4. The first-order valence-electron chi connectivity index (χ1n) is 8.87. The molecule has 4 rings (SSSR count). The largest absolute Gasteiger partial charge is 0.321 e. The van der Waals surface area contributed by atoms with E-state index in [2.05, 4.69) is 22.7 Å². The van der Waals surface area contributed by atoms with Crippen molar-refractivity contribution >= 4 is 33.8 Å². The maximum absolute atomic E-state index is 14.4. The predicted octanol–water partition coefficient (Wildman–Crippen LogP) is 4.02. The van der Waals surface area contributed by atoms with E-state index in [0.717, 1.165) is 24.3 Å². The van der Waals surface area contributed by atoms with Crippen LogP contribution in [0.15, 0.2) is 24.4 Å². The molecule has 1 aliphatic heterocycles. The molecule has 0 radical (unpaired) electrons. The van der Waals surface area contributed by atoms with E-state index in [1.165, 1.54) is 28.2 Å². The van der Waals surface area contributed by atoms with Crippen LogP contribution in [0.5, 0.6) is 0 Å². The Hall–Kier alpha value is -2.32. The third-order valence-electron chi connectivity index (χ3n) is 4.89. The summed E-state index contributed by atoms with van der Waals surface area (Å²) in [5.74, 6) is -1.32. The zero-order chi connectivity index (χ0) is 19.1. The summed E-state index contributed by atoms with van der Waals surface area (Å²) in [5, 5.41) is 10.5. The fourth-order valence-corrected chi connectivity index (χ4v) is 4.67. The number of carbonyl (C=O) groups excluding carboxylic acids is 1. The lowest BCUT2D eigenvalue weighted by molar-refractivity contribution is 0.102. The average molecular weight is 390 g/mol. The fraction of sp³-hybridized carbons (Fsp3) is 0.368. The van der Waals surface area contributed by atoms with Gasteiger partial charge < -0.3 is 10.6 Å². The highest BCUT2D eigenvalue weighted by molar-refractivity contribution is 7.14. The van der Waals surface area contributed by atoms with Crippen LogP contribution in [0.3, 0.4) is 0 Å². The van der Waals surface area contributed by atoms with Gasteiger partial charge in [0.1, 0.15) is 16.5 Å². The SMILES string of the molecule is CC1CC(c2cc(F)c(C(=O)Nc3cc(F)c4cn(C)nc4c3)s2)CCN1. The van der Waals surface area contributed by atoms with Gasteiger partial charge in [0.05, 0.1) is 10.9 Å². The molecule has 0 saturated carbocycles. The summed E-state index contributed by atoms with van der Waals surface area (Å²) < 4.78 is 30.1. The Labute approximate surface area is 159 Å². The standard InChI is InChI=1S/C19H20F2N4OS/c1-10-5-11(3-4-22-10)17-8-15(21)18(27-17)19(26)23-12-6-14(20)13-9-25(2)24-16(13)7-12/h6-11,22H,3-5H2,1-2H3,(H,23,26). The Morgan fingerprint density at radius 2 is 2.15 bits per heavy atom. The van der Waals surface area contributed by atoms with Gasteiger partial charge in [-0.2, -0.15) is 5.10 Å². The molecule has 142 valence electrons. The van der Waals surface area contributed by atoms with Crippen LogP contribution in [0.2, 0.25) is 0 Å². The summed E-state index contributed by atoms with van der Waals surface area (Å²) in [4.78, 5) is 13.5. The molecule has 2 aromatic heterocycles. The number of nitrogens with zero attached hydrogens (tertiary/aromatic N) is 2. The van der Waals surface area contributed by atoms with Crippen LogP contribution in [0.1, 0.15) is 40.2 Å². The minimum Gasteiger partial charge on any atom is -0.321 e. The smallest absolute Gasteiger partial charge is 0.268 e. The molecule has 0 spiro atoms. The summed E-state index contributed by atoms with van der Waals surface area (Å²) in [7, 11) is 1.70. The molecule has 1 aromatic carbocycles. The first-order chi connectivity index (χ1) is 12.9. The fourth-order valence-electron chi connectivity index (χ4n) is 3.59. The Bertz CT molecular complexity index is 1010. The summed E-state index contributed by atoms with van der Waals surface area (Å²) in [5.41, 5.74) is 0.692. The molecule has 5 nitrogen and oxygen atoms in total. The van der Waals surface area contributed by atoms with Crippen LogP contribution in [0, 0.1) is 11.6 Å². The number of fused-ring (bicyclic) bond motifs is 1. The van der Waals surface area contributed by atoms with Crippen molar-refractivity contribution in [3.8, 4) is 0 Å². The molecule has 2 unspecified atom stereocenters. The van der Waals surface area contributed by atoms with Crippen LogP contribution in [-0.4, -0.2) is 28.3 Å². The number of piperidine rings is 1. The van der Waals surface area contributed by atoms with Crippen molar-refractivity contribution in [2.24, 2.45) is 7.05 Å². The second-order valence-corrected chi connectivity index (χ2v) is 8.13. The molecule has 2 atom stereocenters. The van der Waals surface area contributed by atoms with Gasteiger partial charge in [-0.15, -0.1) is 11.3 Å². The molecular formula is C19H20F2N4OS. The Kier molecular flexibility index (Phi) is 4.69. The summed E-state index contributed by atoms with van der Waals surface area (Å²) in [6.45, 7) is 2.99. The Morgan fingerprint density at radius 1 is 1.33 bits per heavy atom. The lowest BCUT2D eigenvalue weighted by atomic mass is 9.92. The average Bonchev–Trinajstić information content (AvgIpc) is 3.17. The molecule has 1 saturated heterocycles. The van der Waals surface area contributed by atoms with Gasteiger partial charge >= 0.3 is 0 Å². The number of rotatable bonds is 3. The molecule has 0 aliphatic carbocycles. The number of hydrogen-bond donors (Lipinski definition) is 2. The van der Waals surface area contributed by atoms with Crippen molar-refractivity contribution in [1.29, 1.82) is 0 Å². The molecule has 1 aliphatic rings. The zero-order valence-corrected chi connectivity index (χ0v) is 15.9. The molecule has 1 amide bonds. The minimum atomic E-state index is -0.569. The van der Waals surface area contributed by atoms with Crippen molar-refractivity contribution < 1.29 is 13.6 Å². The number of carbonyl (C=O) groups is 1. The summed E-state index contributed by atoms with van der Waals surface area (Å²) >= 11 is 1.18. The van der Waals surface area contributed by atoms with Crippen LogP contribution in [0.4, 0.5) is 14.5 Å². The molecular weight excluding hydrogens is 370 g/mol. The number of nitrogens with one attached hydrogen (secondary N) is 2. The molecule has 2 N–H and O–H groups in total. The first-order valence-corrected chi connectivity index (χ1v) is 9.69. The van der Waals surface area contributed by atoms with Crippen molar-refractivity contribution in [3.63, 3.8) is 0 Å². The van der Waals surface area contributed by atoms with Crippen LogP contribution < -0.4 is 10.6 Å². The van der Waals surface area contributed by atoms with E-state index in [4.69, 9.17) is 0 Å². The number of hydrogen-bond acceptors (Lipinski definition) is 4. The summed E-state index contributed by atoms with van der Waals surface area (Å²) in [6.07, 6.45) is 3.41. The topological polar surface area (TPSA) is 59.0 Å². The van der Waals surface area contributed by atoms with Crippen LogP contribution in [0.25, 0.3) is 10.9 Å². The third kappa shape index (κ3) is 3.59. The molecule has 3 aromatic rings. The van der Waals surface area contributed by atoms with Gasteiger partial charge in [0.2, 0.25) is 0 Å². The van der Waals surface area contributed by atoms with E-state index < -0.39 is 17.5 Å². The highest BCUT2D eigenvalue weighted by Gasteiger charge is 2.25. The molecule has 27 heavy (non-hydrogen) atoms. The van der Waals surface area contributed by atoms with Crippen molar-refractivity contribution in [3.05, 3.63) is 45.8 Å². The van der Waals surface area contributed by atoms with Crippen molar-refractivity contribution in [1.82, 2.24) is 15.1 Å². The van der Waals surface area contributed by atoms with E-state index in [1.807, 2.05) is 0 Å². The first kappa shape index (κ1) is 18.1. The number of aryl methyl sites for hydroxylation is 1. The minimum absolute atomic E-state index is 0.0257. The van der Waals surface area contributed by atoms with E-state index >= 15 is 0 Å². The second kappa shape index (κ2) is 7.01. The zero-order valence-electron chi connectivity index (χ0n) is 15.1. The van der Waals surface area contributed by atoms with E-state index in [0.29, 0.717) is 16.9 Å². The molecule has 0 bridgehead atoms. The monoisotopic (exact) mass is 390 g/mol. The van der Waals surface area contributed by atoms with Gasteiger partial charge in [-0.3, -0.25) is 9.48 Å². The summed E-state index contributed by atoms with van der Waals surface area (Å²) in [6, 6.07) is 4.64. The lowest BCUT2D eigenvalue weighted by Crippen LogP contribution is -2.34. The van der Waals surface area contributed by atoms with Crippen molar-refractivity contribution in [2.45, 2.75) is 31.7 Å². The highest BCUT2D eigenvalue weighted by atomic mass is 32.1. The number of thiophene rings is 1. The Balaban J connectivity index is 1.56. The molecule has 8 heteroatoms. The number of anilines is 1. The van der Waals surface area contributed by atoms with Gasteiger partial charge in [0.25, 0.3) is 5.91 Å². The van der Waals surface area contributed by atoms with Gasteiger partial charge in [-0.25, -0.2) is 8.78 Å². The van der Waals surface area contributed by atoms with Crippen LogP contribution >= 0.6 is 11.3 Å². The van der Waals surface area contributed by atoms with Gasteiger partial charge in [-0.05, 0) is 50.4 Å². The normalized spacial score (nSPS) is 20.1. The quantitative estimate of drug-likeness (QED) is 0.710. The third-order valence-corrected chi connectivity index (χ3v) is 6.16. The number of aromatic nitrogens is 2. The second-order valence-electron chi connectivity index (χ2n) is 7.05. The molecule has 3 heterocycles. The van der Waals surface area contributed by atoms with E-state index in [-0.39, 0.29) is 16.5 Å². The number of halogens is 2. The van der Waals surface area contributed by atoms with Gasteiger partial charge in [0.15, 0.2) is 0 Å². The highest BCUT2D eigenvalue weighted by Crippen LogP contribution is 2.35. The molecule has 1 fully saturated rings. The van der Waals surface area contributed by atoms with Gasteiger partial charge in [-0.1, -0.05) is 0 Å². The number of amides is 1. The predicted molar refractivity (Wildman–Crippen MR) is 102 cm³/mol.